The Balaban J connectivity index is 1.79. The van der Waals surface area contributed by atoms with Gasteiger partial charge in [0.25, 0.3) is 5.91 Å². The number of aromatic hydroxyl groups is 1. The molecule has 8 heteroatoms. The second-order valence-corrected chi connectivity index (χ2v) is 7.96. The van der Waals surface area contributed by atoms with E-state index in [-0.39, 0.29) is 29.7 Å². The van der Waals surface area contributed by atoms with E-state index >= 15 is 0 Å². The van der Waals surface area contributed by atoms with Gasteiger partial charge in [0.1, 0.15) is 29.2 Å². The van der Waals surface area contributed by atoms with Crippen LogP contribution in [0.4, 0.5) is 8.78 Å². The first kappa shape index (κ1) is 24.0. The molecule has 0 aliphatic rings. The minimum Gasteiger partial charge on any atom is -0.505 e. The number of aldehydes is 1. The number of carbonyl (C=O) groups is 2. The molecule has 1 heterocycles. The number of ether oxygens (including phenoxy) is 1. The first-order valence-electron chi connectivity index (χ1n) is 10.3. The minimum atomic E-state index is -1.41. The molecule has 2 N–H and O–H groups in total. The number of rotatable bonds is 9. The predicted octanol–water partition coefficient (Wildman–Crippen LogP) is 3.99. The Morgan fingerprint density at radius 2 is 1.64 bits per heavy atom. The smallest absolute Gasteiger partial charge is 0.274 e. The Morgan fingerprint density at radius 1 is 1.09 bits per heavy atom. The quantitative estimate of drug-likeness (QED) is 0.478. The highest BCUT2D eigenvalue weighted by molar-refractivity contribution is 5.96. The molecule has 2 atom stereocenters. The second kappa shape index (κ2) is 10.3. The zero-order valence-electron chi connectivity index (χ0n) is 18.2. The van der Waals surface area contributed by atoms with Crippen LogP contribution in [0.5, 0.6) is 5.75 Å². The van der Waals surface area contributed by atoms with E-state index in [1.54, 1.807) is 31.2 Å². The normalized spacial score (nSPS) is 13.8. The van der Waals surface area contributed by atoms with Gasteiger partial charge in [0, 0.05) is 12.1 Å². The van der Waals surface area contributed by atoms with Crippen molar-refractivity contribution in [1.82, 2.24) is 10.3 Å². The summed E-state index contributed by atoms with van der Waals surface area (Å²) in [5.74, 6) is -2.21. The Kier molecular flexibility index (Phi) is 7.50. The third-order valence-corrected chi connectivity index (χ3v) is 5.23. The van der Waals surface area contributed by atoms with Gasteiger partial charge in [-0.25, -0.2) is 13.8 Å². The first-order valence-corrected chi connectivity index (χ1v) is 10.3. The third kappa shape index (κ3) is 5.98. The summed E-state index contributed by atoms with van der Waals surface area (Å²) in [6.07, 6.45) is 1.37. The van der Waals surface area contributed by atoms with Crippen molar-refractivity contribution in [2.45, 2.75) is 31.4 Å². The van der Waals surface area contributed by atoms with E-state index in [0.717, 1.165) is 11.1 Å². The molecule has 2 aromatic carbocycles. The number of nitrogens with zero attached hydrogens (tertiary/aromatic N) is 1. The van der Waals surface area contributed by atoms with Gasteiger partial charge in [-0.15, -0.1) is 0 Å². The molecule has 3 aromatic rings. The van der Waals surface area contributed by atoms with Crippen molar-refractivity contribution in [3.63, 3.8) is 0 Å². The molecule has 0 bridgehead atoms. The lowest BCUT2D eigenvalue weighted by molar-refractivity contribution is -0.115. The van der Waals surface area contributed by atoms with Crippen LogP contribution in [0.15, 0.2) is 66.9 Å². The summed E-state index contributed by atoms with van der Waals surface area (Å²) in [6, 6.07) is 14.6. The molecule has 0 spiro atoms. The van der Waals surface area contributed by atoms with Crippen LogP contribution < -0.4 is 5.32 Å². The Labute approximate surface area is 190 Å². The maximum Gasteiger partial charge on any atom is 0.274 e. The molecular formula is C25H24F2N2O4. The fraction of sp³-hybridized carbons (Fsp3) is 0.240. The molecule has 0 radical (unpaired) electrons. The van der Waals surface area contributed by atoms with E-state index in [9.17, 15) is 23.5 Å². The van der Waals surface area contributed by atoms with Crippen LogP contribution in [0.2, 0.25) is 0 Å². The monoisotopic (exact) mass is 454 g/mol. The number of benzene rings is 2. The maximum absolute atomic E-state index is 13.5. The van der Waals surface area contributed by atoms with Gasteiger partial charge in [0.05, 0.1) is 12.7 Å². The van der Waals surface area contributed by atoms with E-state index in [2.05, 4.69) is 10.3 Å². The van der Waals surface area contributed by atoms with E-state index < -0.39 is 23.5 Å². The summed E-state index contributed by atoms with van der Waals surface area (Å²) in [5, 5.41) is 12.4. The van der Waals surface area contributed by atoms with Gasteiger partial charge in [0.2, 0.25) is 0 Å². The van der Waals surface area contributed by atoms with Crippen LogP contribution in [-0.4, -0.2) is 40.5 Å². The van der Waals surface area contributed by atoms with Gasteiger partial charge in [-0.1, -0.05) is 24.3 Å². The molecule has 172 valence electrons. The third-order valence-electron chi connectivity index (χ3n) is 5.23. The van der Waals surface area contributed by atoms with Gasteiger partial charge in [-0.3, -0.25) is 4.79 Å². The molecule has 3 rings (SSSR count). The highest BCUT2D eigenvalue weighted by Crippen LogP contribution is 2.30. The maximum atomic E-state index is 13.5. The highest BCUT2D eigenvalue weighted by Gasteiger charge is 2.31. The fourth-order valence-electron chi connectivity index (χ4n) is 3.47. The van der Waals surface area contributed by atoms with Crippen molar-refractivity contribution in [2.75, 3.05) is 6.61 Å². The van der Waals surface area contributed by atoms with Gasteiger partial charge in [0.15, 0.2) is 5.69 Å². The van der Waals surface area contributed by atoms with Crippen LogP contribution in [0, 0.1) is 11.6 Å². The number of hydrogen-bond donors (Lipinski definition) is 2. The molecule has 1 aromatic heterocycles. The summed E-state index contributed by atoms with van der Waals surface area (Å²) < 4.78 is 32.9. The van der Waals surface area contributed by atoms with Crippen molar-refractivity contribution in [2.24, 2.45) is 0 Å². The van der Waals surface area contributed by atoms with Gasteiger partial charge < -0.3 is 20.0 Å². The second-order valence-electron chi connectivity index (χ2n) is 7.96. The highest BCUT2D eigenvalue weighted by atomic mass is 19.1. The lowest BCUT2D eigenvalue weighted by Crippen LogP contribution is -2.51. The SMILES string of the molecule is C[C@H](OC[C@@](C)(C=O)NC(=O)c1ncccc1O)C(c1ccc(F)cc1)c1ccc(F)cc1. The summed E-state index contributed by atoms with van der Waals surface area (Å²) in [6.45, 7) is 3.07. The van der Waals surface area contributed by atoms with Crippen molar-refractivity contribution < 1.29 is 28.2 Å². The lowest BCUT2D eigenvalue weighted by atomic mass is 9.87. The van der Waals surface area contributed by atoms with Crippen molar-refractivity contribution >= 4 is 12.2 Å². The lowest BCUT2D eigenvalue weighted by Gasteiger charge is -2.30. The average molecular weight is 454 g/mol. The van der Waals surface area contributed by atoms with Crippen LogP contribution >= 0.6 is 0 Å². The summed E-state index contributed by atoms with van der Waals surface area (Å²) in [7, 11) is 0. The van der Waals surface area contributed by atoms with Gasteiger partial charge in [-0.05, 0) is 61.4 Å². The zero-order valence-corrected chi connectivity index (χ0v) is 18.2. The van der Waals surface area contributed by atoms with Gasteiger partial charge >= 0.3 is 0 Å². The van der Waals surface area contributed by atoms with Gasteiger partial charge in [-0.2, -0.15) is 0 Å². The molecule has 0 saturated heterocycles. The molecule has 6 nitrogen and oxygen atoms in total. The topological polar surface area (TPSA) is 88.5 Å². The molecule has 0 saturated carbocycles. The molecule has 0 aliphatic carbocycles. The summed E-state index contributed by atoms with van der Waals surface area (Å²) in [4.78, 5) is 28.2. The number of nitrogens with one attached hydrogen (secondary N) is 1. The molecule has 0 unspecified atom stereocenters. The summed E-state index contributed by atoms with van der Waals surface area (Å²) in [5.41, 5.74) is -0.142. The fourth-order valence-corrected chi connectivity index (χ4v) is 3.47. The predicted molar refractivity (Wildman–Crippen MR) is 118 cm³/mol. The number of aromatic nitrogens is 1. The Morgan fingerprint density at radius 3 is 2.12 bits per heavy atom. The first-order chi connectivity index (χ1) is 15.7. The van der Waals surface area contributed by atoms with Crippen LogP contribution in [0.25, 0.3) is 0 Å². The van der Waals surface area contributed by atoms with Crippen molar-refractivity contribution in [1.29, 1.82) is 0 Å². The zero-order chi connectivity index (χ0) is 24.0. The van der Waals surface area contributed by atoms with Crippen LogP contribution in [0.3, 0.4) is 0 Å². The number of carbonyl (C=O) groups excluding carboxylic acids is 2. The minimum absolute atomic E-state index is 0.185. The van der Waals surface area contributed by atoms with E-state index in [1.165, 1.54) is 49.5 Å². The molecular weight excluding hydrogens is 430 g/mol. The number of amides is 1. The molecule has 1 amide bonds. The Hall–Kier alpha value is -3.65. The van der Waals surface area contributed by atoms with Crippen LogP contribution in [0.1, 0.15) is 41.4 Å². The van der Waals surface area contributed by atoms with Crippen LogP contribution in [-0.2, 0) is 9.53 Å². The van der Waals surface area contributed by atoms with E-state index in [4.69, 9.17) is 4.74 Å². The van der Waals surface area contributed by atoms with E-state index in [1.807, 2.05) is 0 Å². The summed E-state index contributed by atoms with van der Waals surface area (Å²) >= 11 is 0. The molecule has 0 aliphatic heterocycles. The van der Waals surface area contributed by atoms with Crippen molar-refractivity contribution in [3.8, 4) is 5.75 Å². The number of pyridine rings is 1. The molecule has 0 fully saturated rings. The number of hydrogen-bond acceptors (Lipinski definition) is 5. The Bertz CT molecular complexity index is 1060. The largest absolute Gasteiger partial charge is 0.505 e. The number of halogens is 2. The van der Waals surface area contributed by atoms with E-state index in [0.29, 0.717) is 6.29 Å². The standard InChI is InChI=1S/C25H24F2N2O4/c1-16(22(17-5-9-19(26)10-6-17)18-7-11-20(27)12-8-18)33-15-25(2,14-30)29-24(32)23-21(31)4-3-13-28-23/h3-14,16,22,31H,15H2,1-2H3,(H,29,32)/t16-,25+/m0/s1. The molecule has 33 heavy (non-hydrogen) atoms. The average Bonchev–Trinajstić information content (AvgIpc) is 2.80. The van der Waals surface area contributed by atoms with Crippen molar-refractivity contribution in [3.05, 3.63) is 95.3 Å².